The van der Waals surface area contributed by atoms with Crippen LogP contribution in [0.4, 0.5) is 13.6 Å². The van der Waals surface area contributed by atoms with Crippen molar-refractivity contribution in [1.29, 1.82) is 0 Å². The SMILES string of the molecule is CC(C)(C)OC(=O)N1C[C@H](C[C@H](O)CO)C(F)(F)C1. The van der Waals surface area contributed by atoms with Crippen LogP contribution >= 0.6 is 0 Å². The zero-order chi connectivity index (χ0) is 14.8. The number of aliphatic hydroxyl groups excluding tert-OH is 2. The van der Waals surface area contributed by atoms with Crippen LogP contribution in [0.3, 0.4) is 0 Å². The first-order valence-electron chi connectivity index (χ1n) is 6.20. The van der Waals surface area contributed by atoms with Crippen molar-refractivity contribution < 1.29 is 28.5 Å². The maximum Gasteiger partial charge on any atom is 0.410 e. The Labute approximate surface area is 111 Å². The fourth-order valence-electron chi connectivity index (χ4n) is 1.96. The number of ether oxygens (including phenoxy) is 1. The molecule has 0 saturated carbocycles. The molecule has 1 aliphatic rings. The number of hydrogen-bond acceptors (Lipinski definition) is 4. The minimum Gasteiger partial charge on any atom is -0.444 e. The molecule has 0 aromatic heterocycles. The second kappa shape index (κ2) is 5.58. The van der Waals surface area contributed by atoms with Gasteiger partial charge in [-0.2, -0.15) is 0 Å². The van der Waals surface area contributed by atoms with Crippen LogP contribution in [0, 0.1) is 5.92 Å². The van der Waals surface area contributed by atoms with Crippen LogP contribution in [0.1, 0.15) is 27.2 Å². The van der Waals surface area contributed by atoms with Crippen molar-refractivity contribution in [3.63, 3.8) is 0 Å². The van der Waals surface area contributed by atoms with Crippen LogP contribution < -0.4 is 0 Å². The van der Waals surface area contributed by atoms with Crippen molar-refractivity contribution in [1.82, 2.24) is 4.90 Å². The molecule has 7 heteroatoms. The maximum atomic E-state index is 13.7. The third-order valence-electron chi connectivity index (χ3n) is 2.86. The zero-order valence-electron chi connectivity index (χ0n) is 11.4. The summed E-state index contributed by atoms with van der Waals surface area (Å²) in [6.45, 7) is 3.51. The molecule has 0 bridgehead atoms. The Balaban J connectivity index is 2.64. The van der Waals surface area contributed by atoms with Crippen molar-refractivity contribution in [3.05, 3.63) is 0 Å². The Morgan fingerprint density at radius 3 is 2.58 bits per heavy atom. The van der Waals surface area contributed by atoms with Gasteiger partial charge in [-0.25, -0.2) is 13.6 Å². The smallest absolute Gasteiger partial charge is 0.410 e. The molecule has 1 saturated heterocycles. The summed E-state index contributed by atoms with van der Waals surface area (Å²) in [6.07, 6.45) is -2.23. The summed E-state index contributed by atoms with van der Waals surface area (Å²) in [5.41, 5.74) is -0.741. The second-order valence-corrected chi connectivity index (χ2v) is 5.89. The Bertz CT molecular complexity index is 330. The fourth-order valence-corrected chi connectivity index (χ4v) is 1.96. The zero-order valence-corrected chi connectivity index (χ0v) is 11.4. The highest BCUT2D eigenvalue weighted by atomic mass is 19.3. The molecule has 1 fully saturated rings. The molecular formula is C12H21F2NO4. The summed E-state index contributed by atoms with van der Waals surface area (Å²) < 4.78 is 32.4. The molecule has 2 atom stereocenters. The minimum atomic E-state index is -3.08. The topological polar surface area (TPSA) is 70.0 Å². The number of rotatable bonds is 3. The summed E-state index contributed by atoms with van der Waals surface area (Å²) in [6, 6.07) is 0. The third-order valence-corrected chi connectivity index (χ3v) is 2.86. The highest BCUT2D eigenvalue weighted by Gasteiger charge is 2.50. The van der Waals surface area contributed by atoms with E-state index < -0.39 is 42.8 Å². The van der Waals surface area contributed by atoms with E-state index >= 15 is 0 Å². The Kier molecular flexibility index (Phi) is 4.73. The number of carbonyl (C=O) groups is 1. The van der Waals surface area contributed by atoms with Crippen molar-refractivity contribution in [3.8, 4) is 0 Å². The van der Waals surface area contributed by atoms with E-state index in [1.54, 1.807) is 20.8 Å². The molecule has 2 N–H and O–H groups in total. The summed E-state index contributed by atoms with van der Waals surface area (Å²) >= 11 is 0. The van der Waals surface area contributed by atoms with Gasteiger partial charge in [-0.3, -0.25) is 0 Å². The van der Waals surface area contributed by atoms with Crippen molar-refractivity contribution in [2.75, 3.05) is 19.7 Å². The molecule has 19 heavy (non-hydrogen) atoms. The van der Waals surface area contributed by atoms with Gasteiger partial charge in [0.2, 0.25) is 0 Å². The summed E-state index contributed by atoms with van der Waals surface area (Å²) in [7, 11) is 0. The van der Waals surface area contributed by atoms with Gasteiger partial charge >= 0.3 is 6.09 Å². The molecule has 0 aliphatic carbocycles. The van der Waals surface area contributed by atoms with Crippen LogP contribution in [0.5, 0.6) is 0 Å². The summed E-state index contributed by atoms with van der Waals surface area (Å²) in [5.74, 6) is -4.24. The second-order valence-electron chi connectivity index (χ2n) is 5.89. The van der Waals surface area contributed by atoms with E-state index in [9.17, 15) is 18.7 Å². The van der Waals surface area contributed by atoms with Crippen molar-refractivity contribution in [2.45, 2.75) is 44.8 Å². The lowest BCUT2D eigenvalue weighted by Crippen LogP contribution is -2.36. The van der Waals surface area contributed by atoms with Gasteiger partial charge in [0.05, 0.1) is 19.3 Å². The van der Waals surface area contributed by atoms with E-state index in [0.717, 1.165) is 4.90 Å². The van der Waals surface area contributed by atoms with Gasteiger partial charge in [-0.1, -0.05) is 0 Å². The molecule has 0 aromatic carbocycles. The minimum absolute atomic E-state index is 0.182. The number of nitrogens with zero attached hydrogens (tertiary/aromatic N) is 1. The lowest BCUT2D eigenvalue weighted by Gasteiger charge is -2.24. The predicted octanol–water partition coefficient (Wildman–Crippen LogP) is 1.23. The van der Waals surface area contributed by atoms with Gasteiger partial charge in [0, 0.05) is 12.5 Å². The summed E-state index contributed by atoms with van der Waals surface area (Å²) in [4.78, 5) is 12.7. The predicted molar refractivity (Wildman–Crippen MR) is 64.0 cm³/mol. The third kappa shape index (κ3) is 4.58. The van der Waals surface area contributed by atoms with E-state index in [2.05, 4.69) is 0 Å². The molecule has 1 heterocycles. The first kappa shape index (κ1) is 16.1. The van der Waals surface area contributed by atoms with E-state index in [-0.39, 0.29) is 13.0 Å². The van der Waals surface area contributed by atoms with Gasteiger partial charge in [0.15, 0.2) is 0 Å². The largest absolute Gasteiger partial charge is 0.444 e. The number of aliphatic hydroxyl groups is 2. The monoisotopic (exact) mass is 281 g/mol. The Morgan fingerprint density at radius 2 is 2.11 bits per heavy atom. The normalized spacial score (nSPS) is 24.4. The molecular weight excluding hydrogens is 260 g/mol. The van der Waals surface area contributed by atoms with Crippen molar-refractivity contribution >= 4 is 6.09 Å². The average Bonchev–Trinajstić information content (AvgIpc) is 2.52. The number of halogens is 2. The van der Waals surface area contributed by atoms with Crippen LogP contribution in [0.2, 0.25) is 0 Å². The number of carbonyl (C=O) groups excluding carboxylic acids is 1. The number of hydrogen-bond donors (Lipinski definition) is 2. The molecule has 1 rings (SSSR count). The van der Waals surface area contributed by atoms with E-state index in [1.165, 1.54) is 0 Å². The van der Waals surface area contributed by atoms with E-state index in [1.807, 2.05) is 0 Å². The van der Waals surface area contributed by atoms with Crippen LogP contribution in [-0.4, -0.2) is 58.5 Å². The quantitative estimate of drug-likeness (QED) is 0.816. The number of amides is 1. The molecule has 1 amide bonds. The van der Waals surface area contributed by atoms with Gasteiger partial charge in [0.1, 0.15) is 5.60 Å². The van der Waals surface area contributed by atoms with Crippen LogP contribution in [0.15, 0.2) is 0 Å². The highest BCUT2D eigenvalue weighted by Crippen LogP contribution is 2.36. The molecule has 1 aliphatic heterocycles. The Hall–Kier alpha value is -0.950. The maximum absolute atomic E-state index is 13.7. The first-order chi connectivity index (χ1) is 8.55. The van der Waals surface area contributed by atoms with Gasteiger partial charge in [-0.15, -0.1) is 0 Å². The van der Waals surface area contributed by atoms with Gasteiger partial charge in [-0.05, 0) is 27.2 Å². The summed E-state index contributed by atoms with van der Waals surface area (Å²) in [5, 5.41) is 17.9. The molecule has 0 spiro atoms. The van der Waals surface area contributed by atoms with Crippen LogP contribution in [-0.2, 0) is 4.74 Å². The lowest BCUT2D eigenvalue weighted by atomic mass is 9.98. The first-order valence-corrected chi connectivity index (χ1v) is 6.20. The Morgan fingerprint density at radius 1 is 1.53 bits per heavy atom. The van der Waals surface area contributed by atoms with E-state index in [0.29, 0.717) is 0 Å². The molecule has 0 radical (unpaired) electrons. The lowest BCUT2D eigenvalue weighted by molar-refractivity contribution is -0.0478. The number of alkyl halides is 2. The molecule has 0 aromatic rings. The molecule has 112 valence electrons. The molecule has 0 unspecified atom stereocenters. The van der Waals surface area contributed by atoms with Gasteiger partial charge < -0.3 is 19.8 Å². The number of likely N-dealkylation sites (tertiary alicyclic amines) is 1. The van der Waals surface area contributed by atoms with Crippen molar-refractivity contribution in [2.24, 2.45) is 5.92 Å². The fraction of sp³-hybridized carbons (Fsp3) is 0.917. The average molecular weight is 281 g/mol. The molecule has 5 nitrogen and oxygen atoms in total. The standard InChI is InChI=1S/C12H21F2NO4/c1-11(2,3)19-10(18)15-5-8(4-9(17)6-16)12(13,14)7-15/h8-9,16-17H,4-7H2,1-3H3/t8-,9-/m0/s1. The highest BCUT2D eigenvalue weighted by molar-refractivity contribution is 5.68. The van der Waals surface area contributed by atoms with Crippen LogP contribution in [0.25, 0.3) is 0 Å². The van der Waals surface area contributed by atoms with Gasteiger partial charge in [0.25, 0.3) is 5.92 Å². The van der Waals surface area contributed by atoms with E-state index in [4.69, 9.17) is 9.84 Å².